The number of sulfonamides is 1. The van der Waals surface area contributed by atoms with E-state index in [2.05, 4.69) is 21.2 Å². The number of hydrogen-bond donors (Lipinski definition) is 1. The van der Waals surface area contributed by atoms with E-state index in [1.807, 2.05) is 42.5 Å². The number of rotatable bonds is 4. The maximum Gasteiger partial charge on any atom is 0.253 e. The molecule has 0 fully saturated rings. The van der Waals surface area contributed by atoms with E-state index >= 15 is 0 Å². The number of hydrogen-bond acceptors (Lipinski definition) is 4. The third-order valence-corrected chi connectivity index (χ3v) is 8.62. The van der Waals surface area contributed by atoms with E-state index in [1.165, 1.54) is 4.31 Å². The first-order chi connectivity index (χ1) is 13.5. The summed E-state index contributed by atoms with van der Waals surface area (Å²) in [5.41, 5.74) is 2.53. The zero-order chi connectivity index (χ0) is 19.7. The number of amides is 1. The van der Waals surface area contributed by atoms with Crippen LogP contribution in [-0.4, -0.2) is 24.7 Å². The highest BCUT2D eigenvalue weighted by molar-refractivity contribution is 9.10. The number of thiophene rings is 1. The molecule has 0 unspecified atom stereocenters. The molecule has 1 aliphatic rings. The van der Waals surface area contributed by atoms with Gasteiger partial charge in [0.1, 0.15) is 10.3 Å². The van der Waals surface area contributed by atoms with Crippen molar-refractivity contribution >= 4 is 48.9 Å². The average Bonchev–Trinajstić information content (AvgIpc) is 3.24. The van der Waals surface area contributed by atoms with Gasteiger partial charge < -0.3 is 5.32 Å². The molecule has 4 rings (SSSR count). The summed E-state index contributed by atoms with van der Waals surface area (Å²) in [5.74, 6) is -0.346. The van der Waals surface area contributed by atoms with Crippen molar-refractivity contribution in [1.82, 2.24) is 4.31 Å². The molecule has 1 aromatic heterocycles. The Morgan fingerprint density at radius 2 is 1.75 bits per heavy atom. The fourth-order valence-electron chi connectivity index (χ4n) is 3.28. The molecule has 0 aliphatic carbocycles. The normalized spacial score (nSPS) is 17.1. The van der Waals surface area contributed by atoms with E-state index in [1.54, 1.807) is 23.6 Å². The summed E-state index contributed by atoms with van der Waals surface area (Å²) in [7, 11) is -3.78. The second-order valence-electron chi connectivity index (χ2n) is 6.44. The molecule has 28 heavy (non-hydrogen) atoms. The van der Waals surface area contributed by atoms with Gasteiger partial charge in [-0.3, -0.25) is 4.79 Å². The van der Waals surface area contributed by atoms with E-state index in [4.69, 9.17) is 0 Å². The van der Waals surface area contributed by atoms with Gasteiger partial charge in [-0.1, -0.05) is 42.5 Å². The first kappa shape index (κ1) is 19.3. The molecule has 0 saturated carbocycles. The van der Waals surface area contributed by atoms with Gasteiger partial charge in [-0.05, 0) is 57.1 Å². The van der Waals surface area contributed by atoms with Crippen molar-refractivity contribution in [3.63, 3.8) is 0 Å². The Balaban J connectivity index is 1.72. The molecule has 1 aliphatic heterocycles. The summed E-state index contributed by atoms with van der Waals surface area (Å²) in [6.45, 7) is 0.171. The summed E-state index contributed by atoms with van der Waals surface area (Å²) in [5, 5.41) is 4.59. The number of fused-ring (bicyclic) bond motifs is 1. The number of carbonyl (C=O) groups is 1. The summed E-state index contributed by atoms with van der Waals surface area (Å²) in [4.78, 5) is 13.1. The molecule has 1 N–H and O–H groups in total. The van der Waals surface area contributed by atoms with E-state index < -0.39 is 16.1 Å². The molecule has 5 nitrogen and oxygen atoms in total. The average molecular weight is 477 g/mol. The van der Waals surface area contributed by atoms with Crippen LogP contribution in [0.25, 0.3) is 0 Å². The second-order valence-corrected chi connectivity index (χ2v) is 10.4. The summed E-state index contributed by atoms with van der Waals surface area (Å²) < 4.78 is 28.8. The van der Waals surface area contributed by atoms with Crippen LogP contribution in [0.15, 0.2) is 74.7 Å². The molecule has 0 radical (unpaired) electrons. The van der Waals surface area contributed by atoms with Crippen LogP contribution in [-0.2, 0) is 27.8 Å². The van der Waals surface area contributed by atoms with Crippen molar-refractivity contribution in [3.05, 3.63) is 81.6 Å². The molecule has 0 bridgehead atoms. The maximum absolute atomic E-state index is 13.2. The Hall–Kier alpha value is -2.00. The van der Waals surface area contributed by atoms with Gasteiger partial charge in [0.25, 0.3) is 10.0 Å². The van der Waals surface area contributed by atoms with Gasteiger partial charge in [0, 0.05) is 11.0 Å². The summed E-state index contributed by atoms with van der Waals surface area (Å²) >= 11 is 4.57. The zero-order valence-electron chi connectivity index (χ0n) is 14.7. The Morgan fingerprint density at radius 3 is 2.46 bits per heavy atom. The summed E-state index contributed by atoms with van der Waals surface area (Å²) in [6, 6.07) is 17.4. The number of para-hydroxylation sites is 1. The largest absolute Gasteiger partial charge is 0.324 e. The summed E-state index contributed by atoms with van der Waals surface area (Å²) in [6.07, 6.45) is 0.330. The lowest BCUT2D eigenvalue weighted by molar-refractivity contribution is -0.120. The lowest BCUT2D eigenvalue weighted by atomic mass is 9.95. The number of nitrogens with one attached hydrogen (secondary N) is 1. The Morgan fingerprint density at radius 1 is 1.04 bits per heavy atom. The van der Waals surface area contributed by atoms with E-state index in [0.717, 1.165) is 26.9 Å². The predicted octanol–water partition coefficient (Wildman–Crippen LogP) is 4.26. The predicted molar refractivity (Wildman–Crippen MR) is 114 cm³/mol. The van der Waals surface area contributed by atoms with Crippen molar-refractivity contribution in [1.29, 1.82) is 0 Å². The van der Waals surface area contributed by atoms with E-state index in [-0.39, 0.29) is 16.7 Å². The van der Waals surface area contributed by atoms with Crippen LogP contribution in [0, 0.1) is 0 Å². The fourth-order valence-corrected chi connectivity index (χ4v) is 6.35. The highest BCUT2D eigenvalue weighted by Gasteiger charge is 2.40. The minimum Gasteiger partial charge on any atom is -0.324 e. The first-order valence-electron chi connectivity index (χ1n) is 8.64. The molecule has 8 heteroatoms. The SMILES string of the molecule is O=C(Nc1ccccc1Br)[C@@H]1Cc2ccccc2CN1S(=O)(=O)c1cccs1. The van der Waals surface area contributed by atoms with Gasteiger partial charge in [0.2, 0.25) is 5.91 Å². The van der Waals surface area contributed by atoms with Crippen LogP contribution in [0.3, 0.4) is 0 Å². The quantitative estimate of drug-likeness (QED) is 0.611. The number of anilines is 1. The van der Waals surface area contributed by atoms with Crippen LogP contribution < -0.4 is 5.32 Å². The lowest BCUT2D eigenvalue weighted by Crippen LogP contribution is -2.50. The van der Waals surface area contributed by atoms with Gasteiger partial charge in [-0.25, -0.2) is 8.42 Å². The molecule has 2 aromatic carbocycles. The monoisotopic (exact) mass is 476 g/mol. The van der Waals surface area contributed by atoms with Gasteiger partial charge in [-0.2, -0.15) is 4.31 Å². The van der Waals surface area contributed by atoms with Crippen molar-refractivity contribution in [2.45, 2.75) is 23.2 Å². The standard InChI is InChI=1S/C20H17BrN2O3S2/c21-16-8-3-4-9-17(16)22-20(24)18-12-14-6-1-2-7-15(14)13-23(18)28(25,26)19-10-5-11-27-19/h1-11,18H,12-13H2,(H,22,24)/t18-/m0/s1. The lowest BCUT2D eigenvalue weighted by Gasteiger charge is -2.34. The minimum atomic E-state index is -3.78. The molecule has 0 saturated heterocycles. The zero-order valence-corrected chi connectivity index (χ0v) is 17.9. The minimum absolute atomic E-state index is 0.171. The fraction of sp³-hybridized carbons (Fsp3) is 0.150. The van der Waals surface area contributed by atoms with Crippen molar-refractivity contribution in [2.75, 3.05) is 5.32 Å². The number of halogens is 1. The second kappa shape index (κ2) is 7.79. The van der Waals surface area contributed by atoms with Gasteiger partial charge in [0.05, 0.1) is 5.69 Å². The maximum atomic E-state index is 13.2. The van der Waals surface area contributed by atoms with Crippen LogP contribution in [0.5, 0.6) is 0 Å². The number of nitrogens with zero attached hydrogens (tertiary/aromatic N) is 1. The smallest absolute Gasteiger partial charge is 0.253 e. The topological polar surface area (TPSA) is 66.5 Å². The molecule has 3 aromatic rings. The van der Waals surface area contributed by atoms with Crippen LogP contribution in [0.4, 0.5) is 5.69 Å². The third kappa shape index (κ3) is 3.65. The highest BCUT2D eigenvalue weighted by atomic mass is 79.9. The molecule has 144 valence electrons. The highest BCUT2D eigenvalue weighted by Crippen LogP contribution is 2.32. The molecule has 0 spiro atoms. The van der Waals surface area contributed by atoms with Crippen LogP contribution in [0.2, 0.25) is 0 Å². The van der Waals surface area contributed by atoms with Crippen LogP contribution in [0.1, 0.15) is 11.1 Å². The van der Waals surface area contributed by atoms with Crippen molar-refractivity contribution in [2.24, 2.45) is 0 Å². The number of carbonyl (C=O) groups excluding carboxylic acids is 1. The molecule has 1 atom stereocenters. The molecular weight excluding hydrogens is 460 g/mol. The van der Waals surface area contributed by atoms with Crippen molar-refractivity contribution in [3.8, 4) is 0 Å². The van der Waals surface area contributed by atoms with Gasteiger partial charge in [-0.15, -0.1) is 11.3 Å². The van der Waals surface area contributed by atoms with Gasteiger partial charge in [0.15, 0.2) is 0 Å². The third-order valence-electron chi connectivity index (χ3n) is 4.70. The van der Waals surface area contributed by atoms with E-state index in [9.17, 15) is 13.2 Å². The molecular formula is C20H17BrN2O3S2. The van der Waals surface area contributed by atoms with Gasteiger partial charge >= 0.3 is 0 Å². The van der Waals surface area contributed by atoms with E-state index in [0.29, 0.717) is 12.1 Å². The Labute approximate surface area is 176 Å². The Kier molecular flexibility index (Phi) is 5.37. The van der Waals surface area contributed by atoms with Crippen molar-refractivity contribution < 1.29 is 13.2 Å². The molecule has 2 heterocycles. The number of benzene rings is 2. The molecule has 1 amide bonds. The van der Waals surface area contributed by atoms with Crippen LogP contribution >= 0.6 is 27.3 Å². The first-order valence-corrected chi connectivity index (χ1v) is 11.8. The Bertz CT molecular complexity index is 1110.